The molecule has 1 rings (SSSR count). The Hall–Kier alpha value is -1.06. The highest BCUT2D eigenvalue weighted by Gasteiger charge is 2.10. The zero-order chi connectivity index (χ0) is 9.84. The summed E-state index contributed by atoms with van der Waals surface area (Å²) in [6, 6.07) is 5.17. The van der Waals surface area contributed by atoms with Crippen molar-refractivity contribution in [2.45, 2.75) is 19.4 Å². The van der Waals surface area contributed by atoms with Gasteiger partial charge in [-0.05, 0) is 18.9 Å². The fourth-order valence-corrected chi connectivity index (χ4v) is 1.28. The average molecular weight is 181 g/mol. The molecule has 1 aromatic rings. The minimum Gasteiger partial charge on any atom is -0.507 e. The molecule has 0 aromatic heterocycles. The summed E-state index contributed by atoms with van der Waals surface area (Å²) in [5, 5.41) is 18.3. The Morgan fingerprint density at radius 2 is 2.15 bits per heavy atom. The van der Waals surface area contributed by atoms with Crippen LogP contribution in [0.15, 0.2) is 18.2 Å². The highest BCUT2D eigenvalue weighted by atomic mass is 16.3. The third kappa shape index (κ3) is 2.20. The van der Waals surface area contributed by atoms with Gasteiger partial charge in [-0.2, -0.15) is 0 Å². The lowest BCUT2D eigenvalue weighted by molar-refractivity contribution is 0.275. The van der Waals surface area contributed by atoms with E-state index in [9.17, 15) is 5.11 Å². The van der Waals surface area contributed by atoms with Gasteiger partial charge in [-0.15, -0.1) is 0 Å². The topological polar surface area (TPSA) is 66.5 Å². The Labute approximate surface area is 77.8 Å². The first-order valence-corrected chi connectivity index (χ1v) is 4.31. The number of rotatable bonds is 3. The molecule has 13 heavy (non-hydrogen) atoms. The van der Waals surface area contributed by atoms with Gasteiger partial charge in [-0.3, -0.25) is 0 Å². The van der Waals surface area contributed by atoms with Gasteiger partial charge in [0.15, 0.2) is 0 Å². The third-order valence-corrected chi connectivity index (χ3v) is 2.11. The second-order valence-corrected chi connectivity index (χ2v) is 3.13. The minimum atomic E-state index is -0.287. The number of para-hydroxylation sites is 1. The fraction of sp³-hybridized carbons (Fsp3) is 0.400. The van der Waals surface area contributed by atoms with Crippen LogP contribution in [0.2, 0.25) is 0 Å². The molecular weight excluding hydrogens is 166 g/mol. The first kappa shape index (κ1) is 10.0. The van der Waals surface area contributed by atoms with Crippen LogP contribution < -0.4 is 5.73 Å². The average Bonchev–Trinajstić information content (AvgIpc) is 2.10. The van der Waals surface area contributed by atoms with Gasteiger partial charge >= 0.3 is 0 Å². The molecule has 1 aromatic carbocycles. The maximum Gasteiger partial charge on any atom is 0.123 e. The summed E-state index contributed by atoms with van der Waals surface area (Å²) in [6.07, 6.45) is 0.469. The fourth-order valence-electron chi connectivity index (χ4n) is 1.28. The number of hydrogen-bond acceptors (Lipinski definition) is 3. The van der Waals surface area contributed by atoms with E-state index in [0.29, 0.717) is 12.0 Å². The van der Waals surface area contributed by atoms with Crippen LogP contribution >= 0.6 is 0 Å². The van der Waals surface area contributed by atoms with E-state index in [1.807, 2.05) is 19.1 Å². The van der Waals surface area contributed by atoms with Crippen LogP contribution in [0.25, 0.3) is 0 Å². The van der Waals surface area contributed by atoms with Crippen molar-refractivity contribution in [2.75, 3.05) is 6.61 Å². The molecule has 72 valence electrons. The zero-order valence-electron chi connectivity index (χ0n) is 7.70. The molecule has 0 heterocycles. The van der Waals surface area contributed by atoms with Crippen molar-refractivity contribution < 1.29 is 10.2 Å². The first-order chi connectivity index (χ1) is 6.16. The van der Waals surface area contributed by atoms with Crippen LogP contribution in [0.1, 0.15) is 23.6 Å². The van der Waals surface area contributed by atoms with Gasteiger partial charge in [0.2, 0.25) is 0 Å². The number of aryl methyl sites for hydroxylation is 1. The number of hydrogen-bond donors (Lipinski definition) is 3. The van der Waals surface area contributed by atoms with Crippen molar-refractivity contribution in [3.05, 3.63) is 29.3 Å². The second kappa shape index (κ2) is 4.25. The van der Waals surface area contributed by atoms with Gasteiger partial charge in [0, 0.05) is 18.2 Å². The number of aromatic hydroxyl groups is 1. The smallest absolute Gasteiger partial charge is 0.123 e. The molecule has 0 fully saturated rings. The molecule has 3 nitrogen and oxygen atoms in total. The van der Waals surface area contributed by atoms with Crippen LogP contribution in [-0.2, 0) is 0 Å². The predicted octanol–water partition coefficient (Wildman–Crippen LogP) is 1.08. The molecule has 0 aliphatic carbocycles. The second-order valence-electron chi connectivity index (χ2n) is 3.13. The van der Waals surface area contributed by atoms with Crippen molar-refractivity contribution in [3.63, 3.8) is 0 Å². The highest BCUT2D eigenvalue weighted by molar-refractivity contribution is 5.41. The van der Waals surface area contributed by atoms with Crippen LogP contribution in [0.4, 0.5) is 0 Å². The molecule has 4 N–H and O–H groups in total. The van der Waals surface area contributed by atoms with E-state index in [1.165, 1.54) is 0 Å². The summed E-state index contributed by atoms with van der Waals surface area (Å²) in [4.78, 5) is 0. The quantitative estimate of drug-likeness (QED) is 0.653. The maximum absolute atomic E-state index is 9.63. The Morgan fingerprint density at radius 3 is 2.77 bits per heavy atom. The lowest BCUT2D eigenvalue weighted by Gasteiger charge is -2.13. The molecular formula is C10H15NO2. The zero-order valence-corrected chi connectivity index (χ0v) is 7.70. The van der Waals surface area contributed by atoms with Crippen molar-refractivity contribution in [3.8, 4) is 5.75 Å². The normalized spacial score (nSPS) is 12.8. The molecule has 0 saturated carbocycles. The third-order valence-electron chi connectivity index (χ3n) is 2.11. The molecule has 0 aliphatic rings. The minimum absolute atomic E-state index is 0.0363. The number of phenols is 1. The van der Waals surface area contributed by atoms with E-state index in [-0.39, 0.29) is 18.4 Å². The SMILES string of the molecule is Cc1cccc(C(N)CCO)c1O. The molecule has 1 atom stereocenters. The van der Waals surface area contributed by atoms with Crippen molar-refractivity contribution in [2.24, 2.45) is 5.73 Å². The summed E-state index contributed by atoms with van der Waals surface area (Å²) in [6.45, 7) is 1.86. The number of nitrogens with two attached hydrogens (primary N) is 1. The number of phenolic OH excluding ortho intramolecular Hbond substituents is 1. The summed E-state index contributed by atoms with van der Waals surface area (Å²) in [7, 11) is 0. The van der Waals surface area contributed by atoms with Gasteiger partial charge in [0.1, 0.15) is 5.75 Å². The number of benzene rings is 1. The van der Waals surface area contributed by atoms with E-state index in [0.717, 1.165) is 5.56 Å². The van der Waals surface area contributed by atoms with Crippen LogP contribution in [0.5, 0.6) is 5.75 Å². The van der Waals surface area contributed by atoms with E-state index in [1.54, 1.807) is 6.07 Å². The Bertz CT molecular complexity index is 286. The summed E-state index contributed by atoms with van der Waals surface area (Å²) >= 11 is 0. The van der Waals surface area contributed by atoms with E-state index in [2.05, 4.69) is 0 Å². The lowest BCUT2D eigenvalue weighted by Crippen LogP contribution is -2.12. The summed E-state index contributed by atoms with van der Waals surface area (Å²) < 4.78 is 0. The van der Waals surface area contributed by atoms with E-state index >= 15 is 0 Å². The summed E-state index contributed by atoms with van der Waals surface area (Å²) in [5.74, 6) is 0.239. The maximum atomic E-state index is 9.63. The first-order valence-electron chi connectivity index (χ1n) is 4.31. The molecule has 0 aliphatic heterocycles. The van der Waals surface area contributed by atoms with Crippen molar-refractivity contribution in [1.29, 1.82) is 0 Å². The van der Waals surface area contributed by atoms with Gasteiger partial charge in [0.25, 0.3) is 0 Å². The van der Waals surface area contributed by atoms with Crippen LogP contribution in [0.3, 0.4) is 0 Å². The standard InChI is InChI=1S/C10H15NO2/c1-7-3-2-4-8(10(7)13)9(11)5-6-12/h2-4,9,12-13H,5-6,11H2,1H3. The predicted molar refractivity (Wildman–Crippen MR) is 51.5 cm³/mol. The molecule has 0 saturated heterocycles. The summed E-state index contributed by atoms with van der Waals surface area (Å²) in [5.41, 5.74) is 7.27. The Balaban J connectivity index is 2.93. The Morgan fingerprint density at radius 1 is 1.46 bits per heavy atom. The van der Waals surface area contributed by atoms with Crippen LogP contribution in [0, 0.1) is 6.92 Å². The molecule has 0 amide bonds. The van der Waals surface area contributed by atoms with E-state index < -0.39 is 0 Å². The van der Waals surface area contributed by atoms with Crippen molar-refractivity contribution >= 4 is 0 Å². The number of aliphatic hydroxyl groups excluding tert-OH is 1. The monoisotopic (exact) mass is 181 g/mol. The molecule has 0 spiro atoms. The van der Waals surface area contributed by atoms with E-state index in [4.69, 9.17) is 10.8 Å². The molecule has 0 bridgehead atoms. The van der Waals surface area contributed by atoms with Crippen LogP contribution in [-0.4, -0.2) is 16.8 Å². The van der Waals surface area contributed by atoms with Crippen molar-refractivity contribution in [1.82, 2.24) is 0 Å². The molecule has 1 unspecified atom stereocenters. The Kier molecular flexibility index (Phi) is 3.28. The lowest BCUT2D eigenvalue weighted by atomic mass is 10.0. The highest BCUT2D eigenvalue weighted by Crippen LogP contribution is 2.27. The molecule has 0 radical (unpaired) electrons. The number of aliphatic hydroxyl groups is 1. The molecule has 3 heteroatoms. The van der Waals surface area contributed by atoms with Gasteiger partial charge in [-0.1, -0.05) is 18.2 Å². The van der Waals surface area contributed by atoms with Gasteiger partial charge in [-0.25, -0.2) is 0 Å². The largest absolute Gasteiger partial charge is 0.507 e. The van der Waals surface area contributed by atoms with Gasteiger partial charge < -0.3 is 15.9 Å². The van der Waals surface area contributed by atoms with Gasteiger partial charge in [0.05, 0.1) is 0 Å².